The van der Waals surface area contributed by atoms with Crippen molar-refractivity contribution in [2.75, 3.05) is 52.4 Å². The molecule has 17 heavy (non-hydrogen) atoms. The van der Waals surface area contributed by atoms with E-state index in [1.165, 1.54) is 12.8 Å². The van der Waals surface area contributed by atoms with Crippen LogP contribution in [0.5, 0.6) is 0 Å². The minimum Gasteiger partial charge on any atom is -0.377 e. The van der Waals surface area contributed by atoms with E-state index in [0.717, 1.165) is 45.9 Å². The Morgan fingerprint density at radius 3 is 2.65 bits per heavy atom. The third-order valence-electron chi connectivity index (χ3n) is 3.53. The Labute approximate surface area is 102 Å². The molecule has 6 heteroatoms. The molecule has 0 amide bonds. The van der Waals surface area contributed by atoms with Crippen LogP contribution in [0.3, 0.4) is 0 Å². The number of rotatable bonds is 5. The lowest BCUT2D eigenvalue weighted by Gasteiger charge is -2.35. The van der Waals surface area contributed by atoms with Crippen LogP contribution in [0, 0.1) is 0 Å². The molecule has 0 unspecified atom stereocenters. The molecular weight excluding hydrogens is 218 g/mol. The van der Waals surface area contributed by atoms with E-state index >= 15 is 0 Å². The normalized spacial score (nSPS) is 26.9. The molecule has 2 rings (SSSR count). The Kier molecular flexibility index (Phi) is 5.07. The number of nitrogens with zero attached hydrogens (tertiary/aromatic N) is 5. The molecule has 2 heterocycles. The van der Waals surface area contributed by atoms with Gasteiger partial charge in [0.1, 0.15) is 0 Å². The molecule has 0 aliphatic carbocycles. The van der Waals surface area contributed by atoms with E-state index < -0.39 is 0 Å². The second-order valence-corrected chi connectivity index (χ2v) is 4.73. The summed E-state index contributed by atoms with van der Waals surface area (Å²) in [5.74, 6) is 0. The zero-order valence-corrected chi connectivity index (χ0v) is 10.3. The number of azide groups is 1. The second kappa shape index (κ2) is 6.81. The summed E-state index contributed by atoms with van der Waals surface area (Å²) in [5.41, 5.74) is 8.21. The predicted molar refractivity (Wildman–Crippen MR) is 65.9 cm³/mol. The second-order valence-electron chi connectivity index (χ2n) is 4.73. The lowest BCUT2D eigenvalue weighted by molar-refractivity contribution is 0.0511. The summed E-state index contributed by atoms with van der Waals surface area (Å²) in [6.07, 6.45) is 2.90. The van der Waals surface area contributed by atoms with Gasteiger partial charge in [-0.15, -0.1) is 0 Å². The van der Waals surface area contributed by atoms with Crippen molar-refractivity contribution in [2.24, 2.45) is 5.11 Å². The quantitative estimate of drug-likeness (QED) is 0.410. The molecule has 2 saturated heterocycles. The van der Waals surface area contributed by atoms with Gasteiger partial charge in [0.05, 0.1) is 6.10 Å². The number of piperazine rings is 1. The van der Waals surface area contributed by atoms with Crippen molar-refractivity contribution in [1.82, 2.24) is 9.80 Å². The van der Waals surface area contributed by atoms with Gasteiger partial charge in [0, 0.05) is 57.3 Å². The van der Waals surface area contributed by atoms with E-state index in [-0.39, 0.29) is 0 Å². The number of hydrogen-bond acceptors (Lipinski definition) is 4. The summed E-state index contributed by atoms with van der Waals surface area (Å²) in [6.45, 7) is 7.87. The monoisotopic (exact) mass is 239 g/mol. The standard InChI is InChI=1S/C11H21N5O/c12-14-13-3-4-15-5-7-16(8-6-15)10-11-2-1-9-17-11/h11H,1-10H2/t11-/m0/s1. The molecule has 0 bridgehead atoms. The zero-order chi connectivity index (χ0) is 11.9. The number of ether oxygens (including phenoxy) is 1. The Bertz CT molecular complexity index is 265. The average molecular weight is 239 g/mol. The first-order valence-corrected chi connectivity index (χ1v) is 6.45. The third-order valence-corrected chi connectivity index (χ3v) is 3.53. The summed E-state index contributed by atoms with van der Waals surface area (Å²) in [6, 6.07) is 0. The molecule has 6 nitrogen and oxygen atoms in total. The van der Waals surface area contributed by atoms with Gasteiger partial charge in [0.2, 0.25) is 0 Å². The maximum atomic E-state index is 8.21. The molecule has 0 saturated carbocycles. The molecule has 0 aromatic heterocycles. The lowest BCUT2D eigenvalue weighted by Crippen LogP contribution is -2.48. The summed E-state index contributed by atoms with van der Waals surface area (Å²) in [7, 11) is 0. The highest BCUT2D eigenvalue weighted by Crippen LogP contribution is 2.14. The Balaban J connectivity index is 1.61. The molecule has 2 aliphatic heterocycles. The van der Waals surface area contributed by atoms with Crippen LogP contribution in [0.4, 0.5) is 0 Å². The van der Waals surface area contributed by atoms with E-state index in [4.69, 9.17) is 10.3 Å². The first-order valence-electron chi connectivity index (χ1n) is 6.45. The van der Waals surface area contributed by atoms with Crippen LogP contribution in [0.25, 0.3) is 10.4 Å². The van der Waals surface area contributed by atoms with Crippen molar-refractivity contribution < 1.29 is 4.74 Å². The highest BCUT2D eigenvalue weighted by atomic mass is 16.5. The number of hydrogen-bond donors (Lipinski definition) is 0. The lowest BCUT2D eigenvalue weighted by atomic mass is 10.2. The minimum atomic E-state index is 0.463. The van der Waals surface area contributed by atoms with Gasteiger partial charge in [-0.3, -0.25) is 4.90 Å². The van der Waals surface area contributed by atoms with Crippen LogP contribution in [-0.4, -0.2) is 68.3 Å². The van der Waals surface area contributed by atoms with Crippen LogP contribution in [0.15, 0.2) is 5.11 Å². The van der Waals surface area contributed by atoms with Crippen LogP contribution in [-0.2, 0) is 4.74 Å². The summed E-state index contributed by atoms with van der Waals surface area (Å²) < 4.78 is 5.65. The maximum Gasteiger partial charge on any atom is 0.0702 e. The zero-order valence-electron chi connectivity index (χ0n) is 10.3. The minimum absolute atomic E-state index is 0.463. The van der Waals surface area contributed by atoms with Gasteiger partial charge in [-0.1, -0.05) is 5.11 Å². The largest absolute Gasteiger partial charge is 0.377 e. The summed E-state index contributed by atoms with van der Waals surface area (Å²) >= 11 is 0. The van der Waals surface area contributed by atoms with E-state index in [2.05, 4.69) is 19.8 Å². The Morgan fingerprint density at radius 2 is 2.00 bits per heavy atom. The summed E-state index contributed by atoms with van der Waals surface area (Å²) in [4.78, 5) is 7.62. The fourth-order valence-electron chi connectivity index (χ4n) is 2.50. The molecule has 2 fully saturated rings. The van der Waals surface area contributed by atoms with Gasteiger partial charge in [-0.05, 0) is 18.4 Å². The molecule has 1 atom stereocenters. The van der Waals surface area contributed by atoms with E-state index in [9.17, 15) is 0 Å². The molecule has 0 spiro atoms. The predicted octanol–water partition coefficient (Wildman–Crippen LogP) is 1.09. The van der Waals surface area contributed by atoms with Crippen LogP contribution in [0.1, 0.15) is 12.8 Å². The topological polar surface area (TPSA) is 64.5 Å². The van der Waals surface area contributed by atoms with E-state index in [1.807, 2.05) is 0 Å². The van der Waals surface area contributed by atoms with Crippen molar-refractivity contribution in [3.05, 3.63) is 10.4 Å². The van der Waals surface area contributed by atoms with Crippen molar-refractivity contribution in [1.29, 1.82) is 0 Å². The average Bonchev–Trinajstić information content (AvgIpc) is 2.85. The van der Waals surface area contributed by atoms with Crippen LogP contribution < -0.4 is 0 Å². The fraction of sp³-hybridized carbons (Fsp3) is 1.00. The van der Waals surface area contributed by atoms with E-state index in [0.29, 0.717) is 12.6 Å². The van der Waals surface area contributed by atoms with Crippen molar-refractivity contribution >= 4 is 0 Å². The van der Waals surface area contributed by atoms with Gasteiger partial charge >= 0.3 is 0 Å². The Hall–Kier alpha value is -0.810. The molecule has 0 N–H and O–H groups in total. The van der Waals surface area contributed by atoms with Crippen LogP contribution in [0.2, 0.25) is 0 Å². The SMILES string of the molecule is [N-]=[N+]=NCCN1CCN(C[C@@H]2CCCO2)CC1. The fourth-order valence-corrected chi connectivity index (χ4v) is 2.50. The van der Waals surface area contributed by atoms with Crippen molar-refractivity contribution in [3.8, 4) is 0 Å². The highest BCUT2D eigenvalue weighted by molar-refractivity contribution is 4.76. The van der Waals surface area contributed by atoms with Gasteiger partial charge in [-0.2, -0.15) is 0 Å². The van der Waals surface area contributed by atoms with Gasteiger partial charge in [-0.25, -0.2) is 0 Å². The molecule has 0 aromatic carbocycles. The maximum absolute atomic E-state index is 8.21. The van der Waals surface area contributed by atoms with Gasteiger partial charge in [0.25, 0.3) is 0 Å². The first-order chi connectivity index (χ1) is 8.38. The van der Waals surface area contributed by atoms with Crippen LogP contribution >= 0.6 is 0 Å². The molecule has 0 aromatic rings. The van der Waals surface area contributed by atoms with Crippen molar-refractivity contribution in [3.63, 3.8) is 0 Å². The molecular formula is C11H21N5O. The van der Waals surface area contributed by atoms with Gasteiger partial charge < -0.3 is 9.64 Å². The Morgan fingerprint density at radius 1 is 1.24 bits per heavy atom. The molecule has 2 aliphatic rings. The molecule has 0 radical (unpaired) electrons. The smallest absolute Gasteiger partial charge is 0.0702 e. The highest BCUT2D eigenvalue weighted by Gasteiger charge is 2.22. The van der Waals surface area contributed by atoms with Crippen molar-refractivity contribution in [2.45, 2.75) is 18.9 Å². The third kappa shape index (κ3) is 4.16. The molecule has 96 valence electrons. The summed E-state index contributed by atoms with van der Waals surface area (Å²) in [5, 5.41) is 3.57. The van der Waals surface area contributed by atoms with E-state index in [1.54, 1.807) is 0 Å². The first kappa shape index (κ1) is 12.6. The van der Waals surface area contributed by atoms with Gasteiger partial charge in [0.15, 0.2) is 0 Å².